The molecule has 0 aromatic heterocycles. The molecule has 0 aromatic carbocycles. The summed E-state index contributed by atoms with van der Waals surface area (Å²) < 4.78 is 0. The number of hydrogen-bond acceptors (Lipinski definition) is 2. The summed E-state index contributed by atoms with van der Waals surface area (Å²) in [5.74, 6) is 0. The van der Waals surface area contributed by atoms with E-state index < -0.39 is 6.02 Å². The molecule has 0 saturated heterocycles. The Balaban J connectivity index is 3.49. The standard InChI is InChI=1S/C4H6N2O/c1-3-6-4(7)5-2/h1-3H2. The average molecular weight is 98.1 g/mol. The van der Waals surface area contributed by atoms with Crippen molar-refractivity contribution in [3.8, 4) is 0 Å². The molecule has 3 nitrogen and oxygen atoms in total. The lowest BCUT2D eigenvalue weighted by molar-refractivity contribution is -0.217. The highest BCUT2D eigenvalue weighted by Crippen LogP contribution is 1.66. The van der Waals surface area contributed by atoms with E-state index >= 15 is 0 Å². The van der Waals surface area contributed by atoms with Crippen LogP contribution in [0.3, 0.4) is 0 Å². The van der Waals surface area contributed by atoms with Crippen molar-refractivity contribution in [3.63, 3.8) is 0 Å². The topological polar surface area (TPSA) is 47.8 Å². The van der Waals surface area contributed by atoms with Crippen molar-refractivity contribution in [1.29, 1.82) is 0 Å². The predicted molar refractivity (Wildman–Crippen MR) is 27.2 cm³/mol. The quantitative estimate of drug-likeness (QED) is 0.241. The van der Waals surface area contributed by atoms with Gasteiger partial charge in [0.15, 0.2) is 6.54 Å². The highest BCUT2D eigenvalue weighted by atomic mass is 16.3. The van der Waals surface area contributed by atoms with Crippen LogP contribution in [-0.2, 0) is 0 Å². The maximum Gasteiger partial charge on any atom is 0.176 e. The van der Waals surface area contributed by atoms with Crippen molar-refractivity contribution in [2.24, 2.45) is 9.98 Å². The molecule has 7 heavy (non-hydrogen) atoms. The molecule has 38 valence electrons. The monoisotopic (exact) mass is 98.0 g/mol. The lowest BCUT2D eigenvalue weighted by Crippen LogP contribution is -2.13. The van der Waals surface area contributed by atoms with Gasteiger partial charge in [0, 0.05) is 0 Å². The molecule has 0 radical (unpaired) electrons. The van der Waals surface area contributed by atoms with Gasteiger partial charge in [0.2, 0.25) is 0 Å². The van der Waals surface area contributed by atoms with Crippen molar-refractivity contribution < 1.29 is 5.11 Å². The van der Waals surface area contributed by atoms with Gasteiger partial charge in [-0.25, -0.2) is 4.99 Å². The van der Waals surface area contributed by atoms with Crippen LogP contribution >= 0.6 is 0 Å². The van der Waals surface area contributed by atoms with Crippen LogP contribution in [0.4, 0.5) is 0 Å². The van der Waals surface area contributed by atoms with E-state index in [0.717, 1.165) is 0 Å². The summed E-state index contributed by atoms with van der Waals surface area (Å²) in [7, 11) is 0. The lowest BCUT2D eigenvalue weighted by Gasteiger charge is -1.96. The summed E-state index contributed by atoms with van der Waals surface area (Å²) in [6.07, 6.45) is 0. The van der Waals surface area contributed by atoms with Gasteiger partial charge < -0.3 is 5.11 Å². The fraction of sp³-hybridized carbons (Fsp3) is 0.250. The van der Waals surface area contributed by atoms with Crippen molar-refractivity contribution in [3.05, 3.63) is 6.92 Å². The van der Waals surface area contributed by atoms with Crippen molar-refractivity contribution in [2.45, 2.75) is 0 Å². The van der Waals surface area contributed by atoms with Crippen LogP contribution in [0.25, 0.3) is 0 Å². The molecule has 0 amide bonds. The molecule has 0 aliphatic carbocycles. The van der Waals surface area contributed by atoms with Crippen LogP contribution < -0.4 is 5.11 Å². The Bertz CT molecular complexity index is 87.7. The van der Waals surface area contributed by atoms with E-state index in [2.05, 4.69) is 23.6 Å². The number of amidine groups is 1. The first kappa shape index (κ1) is 6.01. The fourth-order valence-corrected chi connectivity index (χ4v) is 0.146. The minimum absolute atomic E-state index is 0.234. The molecule has 0 N–H and O–H groups in total. The molecule has 0 spiro atoms. The van der Waals surface area contributed by atoms with Gasteiger partial charge in [0.25, 0.3) is 0 Å². The molecule has 0 aromatic rings. The van der Waals surface area contributed by atoms with E-state index in [1.54, 1.807) is 0 Å². The zero-order valence-electron chi connectivity index (χ0n) is 3.92. The molecule has 0 aliphatic rings. The number of hydrogen-bond donors (Lipinski definition) is 0. The van der Waals surface area contributed by atoms with Gasteiger partial charge in [-0.3, -0.25) is 4.99 Å². The van der Waals surface area contributed by atoms with Crippen LogP contribution in [-0.4, -0.2) is 19.3 Å². The minimum atomic E-state index is -0.546. The Kier molecular flexibility index (Phi) is 2.76. The lowest BCUT2D eigenvalue weighted by atomic mass is 10.8. The summed E-state index contributed by atoms with van der Waals surface area (Å²) >= 11 is 0. The van der Waals surface area contributed by atoms with Gasteiger partial charge in [0.05, 0.1) is 12.9 Å². The molecule has 3 heteroatoms. The zero-order chi connectivity index (χ0) is 5.70. The van der Waals surface area contributed by atoms with Crippen molar-refractivity contribution >= 4 is 12.7 Å². The van der Waals surface area contributed by atoms with Crippen LogP contribution in [0.2, 0.25) is 0 Å². The van der Waals surface area contributed by atoms with Gasteiger partial charge in [-0.2, -0.15) is 0 Å². The normalized spacial score (nSPS) is 11.1. The summed E-state index contributed by atoms with van der Waals surface area (Å²) in [6.45, 7) is 6.49. The molecule has 0 bridgehead atoms. The van der Waals surface area contributed by atoms with E-state index in [1.807, 2.05) is 0 Å². The number of rotatable bonds is 1. The Hall–Kier alpha value is -0.990. The number of aliphatic imine (C=N–C) groups is 2. The van der Waals surface area contributed by atoms with Gasteiger partial charge in [0.1, 0.15) is 0 Å². The highest BCUT2D eigenvalue weighted by molar-refractivity contribution is 5.74. The Labute approximate surface area is 42.4 Å². The molecular formula is C4H6N2O. The first-order valence-electron chi connectivity index (χ1n) is 1.78. The second kappa shape index (κ2) is 3.21. The van der Waals surface area contributed by atoms with Gasteiger partial charge >= 0.3 is 0 Å². The summed E-state index contributed by atoms with van der Waals surface area (Å²) in [5, 5.41) is 9.98. The van der Waals surface area contributed by atoms with E-state index in [9.17, 15) is 5.11 Å². The van der Waals surface area contributed by atoms with Gasteiger partial charge in [-0.05, 0) is 6.72 Å². The maximum atomic E-state index is 9.98. The summed E-state index contributed by atoms with van der Waals surface area (Å²) in [4.78, 5) is 6.25. The third-order valence-corrected chi connectivity index (χ3v) is 0.382. The molecule has 0 atom stereocenters. The third-order valence-electron chi connectivity index (χ3n) is 0.382. The molecule has 0 heterocycles. The van der Waals surface area contributed by atoms with Crippen LogP contribution in [0.1, 0.15) is 0 Å². The first-order chi connectivity index (χ1) is 3.31. The van der Waals surface area contributed by atoms with Crippen LogP contribution in [0, 0.1) is 6.92 Å². The SMILES string of the molecule is C=NC([O-])=NC[CH2+]. The van der Waals surface area contributed by atoms with Gasteiger partial charge in [-0.1, -0.05) is 0 Å². The predicted octanol–water partition coefficient (Wildman–Crippen LogP) is -0.763. The van der Waals surface area contributed by atoms with Crippen LogP contribution in [0.15, 0.2) is 9.98 Å². The smallest absolute Gasteiger partial charge is 0.176 e. The maximum absolute atomic E-state index is 9.98. The second-order valence-electron chi connectivity index (χ2n) is 0.822. The Morgan fingerprint density at radius 3 is 2.57 bits per heavy atom. The molecule has 0 unspecified atom stereocenters. The van der Waals surface area contributed by atoms with Crippen molar-refractivity contribution in [2.75, 3.05) is 6.54 Å². The average Bonchev–Trinajstić information content (AvgIpc) is 1.68. The Morgan fingerprint density at radius 1 is 1.86 bits per heavy atom. The second-order valence-corrected chi connectivity index (χ2v) is 0.822. The molecule has 0 aliphatic heterocycles. The van der Waals surface area contributed by atoms with E-state index in [4.69, 9.17) is 0 Å². The molecule has 0 fully saturated rings. The van der Waals surface area contributed by atoms with E-state index in [1.165, 1.54) is 0 Å². The van der Waals surface area contributed by atoms with E-state index in [0.29, 0.717) is 0 Å². The Morgan fingerprint density at radius 2 is 2.43 bits per heavy atom. The molecular weight excluding hydrogens is 92.1 g/mol. The highest BCUT2D eigenvalue weighted by Gasteiger charge is 1.70. The van der Waals surface area contributed by atoms with Crippen LogP contribution in [0.5, 0.6) is 0 Å². The number of nitrogens with zero attached hydrogens (tertiary/aromatic N) is 2. The minimum Gasteiger partial charge on any atom is -0.845 e. The zero-order valence-corrected chi connectivity index (χ0v) is 3.92. The fourth-order valence-electron chi connectivity index (χ4n) is 0.146. The van der Waals surface area contributed by atoms with Crippen molar-refractivity contribution in [1.82, 2.24) is 0 Å². The van der Waals surface area contributed by atoms with E-state index in [-0.39, 0.29) is 6.54 Å². The largest absolute Gasteiger partial charge is 0.845 e. The first-order valence-corrected chi connectivity index (χ1v) is 1.78. The molecule has 0 saturated carbocycles. The summed E-state index contributed by atoms with van der Waals surface area (Å²) in [6, 6.07) is -0.546. The molecule has 0 rings (SSSR count). The third kappa shape index (κ3) is 2.82. The van der Waals surface area contributed by atoms with Gasteiger partial charge in [-0.15, -0.1) is 0 Å². The summed E-state index contributed by atoms with van der Waals surface area (Å²) in [5.41, 5.74) is 0.